The van der Waals surface area contributed by atoms with E-state index in [1.807, 2.05) is 62.4 Å². The SMILES string of the molecule is CCOc1ccc(N=C(C)c2ccc(OC)cc2)cc1. The van der Waals surface area contributed by atoms with Crippen molar-refractivity contribution in [2.75, 3.05) is 13.7 Å². The van der Waals surface area contributed by atoms with Crippen LogP contribution in [0, 0.1) is 0 Å². The lowest BCUT2D eigenvalue weighted by Crippen LogP contribution is -1.94. The summed E-state index contributed by atoms with van der Waals surface area (Å²) in [6, 6.07) is 15.7. The molecule has 3 nitrogen and oxygen atoms in total. The van der Waals surface area contributed by atoms with Gasteiger partial charge in [0.2, 0.25) is 0 Å². The van der Waals surface area contributed by atoms with Crippen molar-refractivity contribution in [3.8, 4) is 11.5 Å². The second-order valence-corrected chi connectivity index (χ2v) is 4.35. The minimum Gasteiger partial charge on any atom is -0.497 e. The Bertz CT molecular complexity index is 571. The summed E-state index contributed by atoms with van der Waals surface area (Å²) in [4.78, 5) is 4.61. The van der Waals surface area contributed by atoms with Crippen LogP contribution >= 0.6 is 0 Å². The van der Waals surface area contributed by atoms with Gasteiger partial charge in [0.05, 0.1) is 19.4 Å². The molecule has 3 heteroatoms. The number of nitrogens with zero attached hydrogens (tertiary/aromatic N) is 1. The van der Waals surface area contributed by atoms with Gasteiger partial charge in [0.1, 0.15) is 11.5 Å². The normalized spacial score (nSPS) is 11.2. The van der Waals surface area contributed by atoms with Crippen molar-refractivity contribution >= 4 is 11.4 Å². The molecule has 0 aliphatic heterocycles. The van der Waals surface area contributed by atoms with E-state index < -0.39 is 0 Å². The maximum atomic E-state index is 5.41. The number of methoxy groups -OCH3 is 1. The summed E-state index contributed by atoms with van der Waals surface area (Å²) < 4.78 is 10.6. The van der Waals surface area contributed by atoms with Gasteiger partial charge in [-0.1, -0.05) is 0 Å². The van der Waals surface area contributed by atoms with E-state index in [0.717, 1.165) is 28.5 Å². The largest absolute Gasteiger partial charge is 0.497 e. The summed E-state index contributed by atoms with van der Waals surface area (Å²) in [6.45, 7) is 4.64. The Balaban J connectivity index is 2.15. The Morgan fingerprint density at radius 1 is 0.950 bits per heavy atom. The molecule has 0 aliphatic carbocycles. The predicted molar refractivity (Wildman–Crippen MR) is 82.5 cm³/mol. The van der Waals surface area contributed by atoms with Gasteiger partial charge in [-0.05, 0) is 67.9 Å². The smallest absolute Gasteiger partial charge is 0.119 e. The highest BCUT2D eigenvalue weighted by Gasteiger charge is 1.99. The van der Waals surface area contributed by atoms with Gasteiger partial charge in [0.25, 0.3) is 0 Å². The summed E-state index contributed by atoms with van der Waals surface area (Å²) >= 11 is 0. The number of aliphatic imine (C=N–C) groups is 1. The Hall–Kier alpha value is -2.29. The van der Waals surface area contributed by atoms with E-state index in [-0.39, 0.29) is 0 Å². The number of ether oxygens (including phenoxy) is 2. The standard InChI is InChI=1S/C17H19NO2/c1-4-20-17-11-7-15(8-12-17)18-13(2)14-5-9-16(19-3)10-6-14/h5-12H,4H2,1-3H3. The highest BCUT2D eigenvalue weighted by Crippen LogP contribution is 2.20. The van der Waals surface area contributed by atoms with Gasteiger partial charge in [0.15, 0.2) is 0 Å². The second kappa shape index (κ2) is 6.75. The molecule has 0 atom stereocenters. The molecule has 0 fully saturated rings. The van der Waals surface area contributed by atoms with Crippen LogP contribution in [0.3, 0.4) is 0 Å². The first-order chi connectivity index (χ1) is 9.72. The zero-order chi connectivity index (χ0) is 14.4. The molecule has 0 saturated heterocycles. The Labute approximate surface area is 119 Å². The third-order valence-electron chi connectivity index (χ3n) is 2.95. The van der Waals surface area contributed by atoms with Crippen LogP contribution < -0.4 is 9.47 Å². The molecule has 0 spiro atoms. The molecule has 0 aromatic heterocycles. The van der Waals surface area contributed by atoms with Crippen LogP contribution in [0.5, 0.6) is 11.5 Å². The van der Waals surface area contributed by atoms with Gasteiger partial charge in [-0.15, -0.1) is 0 Å². The summed E-state index contributed by atoms with van der Waals surface area (Å²) in [5.74, 6) is 1.72. The number of hydrogen-bond acceptors (Lipinski definition) is 3. The number of benzene rings is 2. The van der Waals surface area contributed by atoms with E-state index in [1.54, 1.807) is 7.11 Å². The lowest BCUT2D eigenvalue weighted by atomic mass is 10.1. The van der Waals surface area contributed by atoms with Crippen LogP contribution in [0.1, 0.15) is 19.4 Å². The molecule has 104 valence electrons. The average Bonchev–Trinajstić information content (AvgIpc) is 2.49. The molecular weight excluding hydrogens is 250 g/mol. The van der Waals surface area contributed by atoms with Crippen molar-refractivity contribution in [2.45, 2.75) is 13.8 Å². The van der Waals surface area contributed by atoms with Crippen LogP contribution in [-0.2, 0) is 0 Å². The molecule has 20 heavy (non-hydrogen) atoms. The van der Waals surface area contributed by atoms with Crippen LogP contribution in [0.4, 0.5) is 5.69 Å². The maximum Gasteiger partial charge on any atom is 0.119 e. The third kappa shape index (κ3) is 3.60. The van der Waals surface area contributed by atoms with Crippen molar-refractivity contribution in [3.63, 3.8) is 0 Å². The van der Waals surface area contributed by atoms with Gasteiger partial charge >= 0.3 is 0 Å². The van der Waals surface area contributed by atoms with Crippen molar-refractivity contribution < 1.29 is 9.47 Å². The molecule has 0 unspecified atom stereocenters. The van der Waals surface area contributed by atoms with Gasteiger partial charge in [-0.25, -0.2) is 0 Å². The second-order valence-electron chi connectivity index (χ2n) is 4.35. The molecule has 0 amide bonds. The molecule has 0 saturated carbocycles. The Morgan fingerprint density at radius 2 is 1.55 bits per heavy atom. The zero-order valence-corrected chi connectivity index (χ0v) is 12.1. The maximum absolute atomic E-state index is 5.41. The van der Waals surface area contributed by atoms with Gasteiger partial charge in [-0.2, -0.15) is 0 Å². The third-order valence-corrected chi connectivity index (χ3v) is 2.95. The van der Waals surface area contributed by atoms with Crippen molar-refractivity contribution in [1.29, 1.82) is 0 Å². The van der Waals surface area contributed by atoms with Crippen molar-refractivity contribution in [1.82, 2.24) is 0 Å². The van der Waals surface area contributed by atoms with E-state index in [9.17, 15) is 0 Å². The molecular formula is C17H19NO2. The van der Waals surface area contributed by atoms with Gasteiger partial charge < -0.3 is 9.47 Å². The molecule has 0 N–H and O–H groups in total. The van der Waals surface area contributed by atoms with Gasteiger partial charge in [0, 0.05) is 5.71 Å². The average molecular weight is 269 g/mol. The summed E-state index contributed by atoms with van der Waals surface area (Å²) in [6.07, 6.45) is 0. The lowest BCUT2D eigenvalue weighted by Gasteiger charge is -2.05. The van der Waals surface area contributed by atoms with E-state index in [1.165, 1.54) is 0 Å². The Kier molecular flexibility index (Phi) is 4.77. The fraction of sp³-hybridized carbons (Fsp3) is 0.235. The summed E-state index contributed by atoms with van der Waals surface area (Å²) in [5.41, 5.74) is 2.97. The number of rotatable bonds is 5. The van der Waals surface area contributed by atoms with Crippen LogP contribution in [0.2, 0.25) is 0 Å². The predicted octanol–water partition coefficient (Wildman–Crippen LogP) is 4.23. The fourth-order valence-corrected chi connectivity index (χ4v) is 1.87. The Morgan fingerprint density at radius 3 is 2.10 bits per heavy atom. The van der Waals surface area contributed by atoms with Crippen LogP contribution in [-0.4, -0.2) is 19.4 Å². The van der Waals surface area contributed by atoms with E-state index in [0.29, 0.717) is 6.61 Å². The lowest BCUT2D eigenvalue weighted by molar-refractivity contribution is 0.340. The van der Waals surface area contributed by atoms with Crippen LogP contribution in [0.25, 0.3) is 0 Å². The summed E-state index contributed by atoms with van der Waals surface area (Å²) in [5, 5.41) is 0. The first-order valence-electron chi connectivity index (χ1n) is 6.65. The quantitative estimate of drug-likeness (QED) is 0.760. The summed E-state index contributed by atoms with van der Waals surface area (Å²) in [7, 11) is 1.66. The van der Waals surface area contributed by atoms with E-state index >= 15 is 0 Å². The van der Waals surface area contributed by atoms with E-state index in [2.05, 4.69) is 4.99 Å². The molecule has 0 radical (unpaired) electrons. The molecule has 2 aromatic carbocycles. The van der Waals surface area contributed by atoms with Crippen LogP contribution in [0.15, 0.2) is 53.5 Å². The topological polar surface area (TPSA) is 30.8 Å². The molecule has 0 aliphatic rings. The van der Waals surface area contributed by atoms with Crippen molar-refractivity contribution in [2.24, 2.45) is 4.99 Å². The fourth-order valence-electron chi connectivity index (χ4n) is 1.87. The van der Waals surface area contributed by atoms with E-state index in [4.69, 9.17) is 9.47 Å². The molecule has 2 rings (SSSR count). The molecule has 2 aromatic rings. The minimum atomic E-state index is 0.674. The van der Waals surface area contributed by atoms with Gasteiger partial charge in [-0.3, -0.25) is 4.99 Å². The first kappa shape index (κ1) is 14.1. The number of hydrogen-bond donors (Lipinski definition) is 0. The monoisotopic (exact) mass is 269 g/mol. The molecule has 0 heterocycles. The molecule has 0 bridgehead atoms. The highest BCUT2D eigenvalue weighted by atomic mass is 16.5. The minimum absolute atomic E-state index is 0.674. The first-order valence-corrected chi connectivity index (χ1v) is 6.65. The zero-order valence-electron chi connectivity index (χ0n) is 12.1. The highest BCUT2D eigenvalue weighted by molar-refractivity contribution is 6.00. The van der Waals surface area contributed by atoms with Crippen molar-refractivity contribution in [3.05, 3.63) is 54.1 Å².